The van der Waals surface area contributed by atoms with Crippen molar-refractivity contribution in [1.82, 2.24) is 10.2 Å². The Bertz CT molecular complexity index is 838. The highest BCUT2D eigenvalue weighted by atomic mass is 35.5. The predicted molar refractivity (Wildman–Crippen MR) is 127 cm³/mol. The quantitative estimate of drug-likeness (QED) is 0.552. The fourth-order valence-corrected chi connectivity index (χ4v) is 4.85. The van der Waals surface area contributed by atoms with Gasteiger partial charge in [-0.05, 0) is 35.7 Å². The molecule has 178 valence electrons. The van der Waals surface area contributed by atoms with Crippen molar-refractivity contribution in [2.45, 2.75) is 24.4 Å². The van der Waals surface area contributed by atoms with E-state index in [2.05, 4.69) is 15.1 Å². The molecular formula is C21H28Cl2FN3O4S. The summed E-state index contributed by atoms with van der Waals surface area (Å²) in [5.74, 6) is -0.429. The molecule has 0 bridgehead atoms. The fourth-order valence-electron chi connectivity index (χ4n) is 4.21. The molecule has 3 heterocycles. The van der Waals surface area contributed by atoms with Gasteiger partial charge >= 0.3 is 0 Å². The maximum atomic E-state index is 13.2. The lowest BCUT2D eigenvalue weighted by Gasteiger charge is -2.41. The number of thiophene rings is 1. The summed E-state index contributed by atoms with van der Waals surface area (Å²) in [7, 11) is 0. The number of anilines is 1. The van der Waals surface area contributed by atoms with Crippen molar-refractivity contribution < 1.29 is 24.1 Å². The number of aliphatic hydroxyl groups excluding tert-OH is 2. The van der Waals surface area contributed by atoms with Crippen molar-refractivity contribution in [3.8, 4) is 0 Å². The van der Waals surface area contributed by atoms with Crippen LogP contribution in [0, 0.1) is 5.82 Å². The van der Waals surface area contributed by atoms with Gasteiger partial charge in [-0.2, -0.15) is 0 Å². The van der Waals surface area contributed by atoms with Crippen molar-refractivity contribution in [2.24, 2.45) is 0 Å². The molecule has 2 saturated heterocycles. The van der Waals surface area contributed by atoms with E-state index < -0.39 is 18.3 Å². The molecule has 7 nitrogen and oxygen atoms in total. The highest BCUT2D eigenvalue weighted by molar-refractivity contribution is 7.12. The molecule has 1 amide bonds. The molecule has 2 aromatic rings. The van der Waals surface area contributed by atoms with Crippen LogP contribution in [0.4, 0.5) is 10.1 Å². The largest absolute Gasteiger partial charge is 0.394 e. The zero-order valence-electron chi connectivity index (χ0n) is 17.3. The van der Waals surface area contributed by atoms with Crippen molar-refractivity contribution in [2.75, 3.05) is 44.2 Å². The summed E-state index contributed by atoms with van der Waals surface area (Å²) in [5.41, 5.74) is 0.965. The topological polar surface area (TPSA) is 85.3 Å². The number of carbonyl (C=O) groups excluding carboxylic acids is 1. The Morgan fingerprint density at radius 3 is 2.41 bits per heavy atom. The van der Waals surface area contributed by atoms with Gasteiger partial charge < -0.3 is 25.2 Å². The number of amides is 1. The number of carbonyl (C=O) groups is 1. The molecule has 32 heavy (non-hydrogen) atoms. The van der Waals surface area contributed by atoms with Gasteiger partial charge in [0.25, 0.3) is 5.91 Å². The number of nitrogens with zero attached hydrogens (tertiary/aromatic N) is 2. The van der Waals surface area contributed by atoms with Crippen molar-refractivity contribution in [3.63, 3.8) is 0 Å². The second-order valence-electron chi connectivity index (χ2n) is 7.56. The van der Waals surface area contributed by atoms with E-state index in [1.165, 1.54) is 23.5 Å². The van der Waals surface area contributed by atoms with Crippen LogP contribution in [0.2, 0.25) is 0 Å². The van der Waals surface area contributed by atoms with Crippen molar-refractivity contribution in [3.05, 3.63) is 52.5 Å². The van der Waals surface area contributed by atoms with Crippen LogP contribution in [0.3, 0.4) is 0 Å². The maximum Gasteiger partial charge on any atom is 0.261 e. The average molecular weight is 508 g/mol. The zero-order valence-corrected chi connectivity index (χ0v) is 19.8. The van der Waals surface area contributed by atoms with E-state index in [1.54, 1.807) is 18.2 Å². The zero-order chi connectivity index (χ0) is 21.1. The monoisotopic (exact) mass is 507 g/mol. The second-order valence-corrected chi connectivity index (χ2v) is 8.51. The molecule has 0 radical (unpaired) electrons. The summed E-state index contributed by atoms with van der Waals surface area (Å²) in [4.78, 5) is 17.2. The van der Waals surface area contributed by atoms with Gasteiger partial charge in [-0.3, -0.25) is 9.69 Å². The first-order valence-electron chi connectivity index (χ1n) is 10.1. The number of halogens is 3. The minimum absolute atomic E-state index is 0. The van der Waals surface area contributed by atoms with Crippen LogP contribution < -0.4 is 10.2 Å². The van der Waals surface area contributed by atoms with E-state index in [4.69, 9.17) is 4.74 Å². The number of nitrogens with one attached hydrogen (secondary N) is 1. The highest BCUT2D eigenvalue weighted by Gasteiger charge is 2.46. The number of rotatable bonds is 6. The van der Waals surface area contributed by atoms with Crippen molar-refractivity contribution in [1.29, 1.82) is 0 Å². The van der Waals surface area contributed by atoms with Gasteiger partial charge in [-0.1, -0.05) is 6.07 Å². The molecule has 0 spiro atoms. The van der Waals surface area contributed by atoms with Gasteiger partial charge in [0, 0.05) is 38.4 Å². The number of aliphatic hydroxyl groups is 2. The Balaban J connectivity index is 0.00000181. The minimum Gasteiger partial charge on any atom is -0.394 e. The lowest BCUT2D eigenvalue weighted by Crippen LogP contribution is -2.57. The third-order valence-corrected chi connectivity index (χ3v) is 6.65. The lowest BCUT2D eigenvalue weighted by atomic mass is 10.0. The molecule has 2 aliphatic heterocycles. The SMILES string of the molecule is Cl.Cl.O=C(NC[C@H]1O[C@@H](CO)[C@@H](O)[C@H]1N1CCN(c2ccc(F)cc2)CC1)c1cccs1. The van der Waals surface area contributed by atoms with Gasteiger partial charge in [0.2, 0.25) is 0 Å². The number of benzene rings is 1. The van der Waals surface area contributed by atoms with E-state index in [1.807, 2.05) is 11.4 Å². The Labute approximate surface area is 203 Å². The third kappa shape index (κ3) is 5.91. The van der Waals surface area contributed by atoms with E-state index in [0.717, 1.165) is 18.8 Å². The van der Waals surface area contributed by atoms with Crippen LogP contribution >= 0.6 is 36.2 Å². The Kier molecular flexibility index (Phi) is 10.2. The maximum absolute atomic E-state index is 13.2. The van der Waals surface area contributed by atoms with E-state index in [0.29, 0.717) is 18.0 Å². The molecule has 4 atom stereocenters. The molecular weight excluding hydrogens is 480 g/mol. The minimum atomic E-state index is -0.837. The number of piperazine rings is 1. The first kappa shape index (κ1) is 26.8. The molecule has 4 rings (SSSR count). The lowest BCUT2D eigenvalue weighted by molar-refractivity contribution is -0.0209. The van der Waals surface area contributed by atoms with Crippen LogP contribution in [0.5, 0.6) is 0 Å². The Morgan fingerprint density at radius 1 is 1.12 bits per heavy atom. The molecule has 0 saturated carbocycles. The summed E-state index contributed by atoms with van der Waals surface area (Å²) in [6.07, 6.45) is -1.93. The van der Waals surface area contributed by atoms with Crippen LogP contribution in [0.1, 0.15) is 9.67 Å². The number of hydrogen-bond acceptors (Lipinski definition) is 7. The summed E-state index contributed by atoms with van der Waals surface area (Å²) < 4.78 is 19.1. The standard InChI is InChI=1S/C21H26FN3O4S.2ClH/c22-14-3-5-15(6-4-14)24-7-9-25(10-8-24)19-16(29-17(13-26)20(19)27)12-23-21(28)18-2-1-11-30-18;;/h1-6,11,16-17,19-20,26-27H,7-10,12-13H2,(H,23,28);2*1H/t16-,17+,19+,20-;;/m1../s1. The van der Waals surface area contributed by atoms with Gasteiger partial charge in [-0.25, -0.2) is 4.39 Å². The van der Waals surface area contributed by atoms with Gasteiger partial charge in [-0.15, -0.1) is 36.2 Å². The number of hydrogen-bond donors (Lipinski definition) is 3. The number of ether oxygens (including phenoxy) is 1. The van der Waals surface area contributed by atoms with Crippen LogP contribution in [0.25, 0.3) is 0 Å². The van der Waals surface area contributed by atoms with Crippen LogP contribution in [-0.2, 0) is 4.74 Å². The smallest absolute Gasteiger partial charge is 0.261 e. The molecule has 1 aromatic carbocycles. The van der Waals surface area contributed by atoms with Crippen LogP contribution in [-0.4, -0.2) is 84.7 Å². The molecule has 0 unspecified atom stereocenters. The van der Waals surface area contributed by atoms with Crippen LogP contribution in [0.15, 0.2) is 41.8 Å². The second kappa shape index (κ2) is 12.1. The Hall–Kier alpha value is -1.46. The average Bonchev–Trinajstić information content (AvgIpc) is 3.41. The van der Waals surface area contributed by atoms with Gasteiger partial charge in [0.1, 0.15) is 18.0 Å². The van der Waals surface area contributed by atoms with Gasteiger partial charge in [0.15, 0.2) is 0 Å². The summed E-state index contributed by atoms with van der Waals surface area (Å²) >= 11 is 1.37. The molecule has 11 heteroatoms. The molecule has 2 fully saturated rings. The first-order valence-corrected chi connectivity index (χ1v) is 11.0. The summed E-state index contributed by atoms with van der Waals surface area (Å²) in [6, 6.07) is 9.70. The summed E-state index contributed by atoms with van der Waals surface area (Å²) in [6.45, 7) is 2.82. The summed E-state index contributed by atoms with van der Waals surface area (Å²) in [5, 5.41) is 25.1. The third-order valence-electron chi connectivity index (χ3n) is 5.78. The normalized spacial score (nSPS) is 25.7. The first-order chi connectivity index (χ1) is 14.6. The van der Waals surface area contributed by atoms with E-state index in [9.17, 15) is 19.4 Å². The molecule has 1 aromatic heterocycles. The Morgan fingerprint density at radius 2 is 1.81 bits per heavy atom. The molecule has 2 aliphatic rings. The van der Waals surface area contributed by atoms with E-state index in [-0.39, 0.29) is 55.7 Å². The van der Waals surface area contributed by atoms with Gasteiger partial charge in [0.05, 0.1) is 23.6 Å². The fraction of sp³-hybridized carbons (Fsp3) is 0.476. The molecule has 3 N–H and O–H groups in total. The van der Waals surface area contributed by atoms with E-state index >= 15 is 0 Å². The predicted octanol–water partition coefficient (Wildman–Crippen LogP) is 1.77. The highest BCUT2D eigenvalue weighted by Crippen LogP contribution is 2.28. The van der Waals surface area contributed by atoms with Crippen molar-refractivity contribution >= 4 is 47.7 Å². The molecule has 0 aliphatic carbocycles.